The second-order valence-corrected chi connectivity index (χ2v) is 10.4. The Morgan fingerprint density at radius 1 is 1.20 bits per heavy atom. The monoisotopic (exact) mass is 558 g/mol. The van der Waals surface area contributed by atoms with Crippen LogP contribution >= 0.6 is 0 Å². The molecule has 3 aliphatic rings. The normalized spacial score (nSPS) is 18.2. The summed E-state index contributed by atoms with van der Waals surface area (Å²) in [5, 5.41) is 13.3. The zero-order chi connectivity index (χ0) is 28.3. The van der Waals surface area contributed by atoms with Gasteiger partial charge in [-0.2, -0.15) is 0 Å². The number of nitrogens with zero attached hydrogens (tertiary/aromatic N) is 4. The number of hydrogen-bond donors (Lipinski definition) is 3. The number of aromatic nitrogens is 3. The standard InChI is InChI=1S/C29H29FN6O2.CH2O2/c30-19-7-11-36-25(15-31-27(36)13-19)21-3-5-23(28-22(21)14-32-29(28)37)33-26-6-4-20(18-8-12-38-17-18)24(34-26)16-35-9-1-2-10-35;2-1-3/h3-7,11,13,15,18H,1-2,8-10,12,14,16-17H2,(H,32,37)(H,33,34);1H,(H,2,3)/t18-;/m1./s1. The fourth-order valence-corrected chi connectivity index (χ4v) is 6.00. The van der Waals surface area contributed by atoms with Gasteiger partial charge in [-0.15, -0.1) is 0 Å². The van der Waals surface area contributed by atoms with Crippen LogP contribution in [-0.2, 0) is 22.6 Å². The number of halogens is 1. The summed E-state index contributed by atoms with van der Waals surface area (Å²) in [6.07, 6.45) is 6.87. The van der Waals surface area contributed by atoms with E-state index in [-0.39, 0.29) is 18.2 Å². The van der Waals surface area contributed by atoms with Gasteiger partial charge in [0, 0.05) is 43.4 Å². The van der Waals surface area contributed by atoms with Gasteiger partial charge >= 0.3 is 0 Å². The van der Waals surface area contributed by atoms with Gasteiger partial charge in [-0.25, -0.2) is 14.4 Å². The number of benzene rings is 1. The molecule has 3 aromatic heterocycles. The lowest BCUT2D eigenvalue weighted by Gasteiger charge is -2.20. The van der Waals surface area contributed by atoms with E-state index < -0.39 is 0 Å². The van der Waals surface area contributed by atoms with Crippen molar-refractivity contribution in [3.63, 3.8) is 0 Å². The highest BCUT2D eigenvalue weighted by Crippen LogP contribution is 2.36. The molecule has 0 saturated carbocycles. The van der Waals surface area contributed by atoms with Crippen LogP contribution in [0.15, 0.2) is 48.8 Å². The summed E-state index contributed by atoms with van der Waals surface area (Å²) in [6.45, 7) is 4.74. The molecule has 0 radical (unpaired) electrons. The lowest BCUT2D eigenvalue weighted by Crippen LogP contribution is -2.21. The summed E-state index contributed by atoms with van der Waals surface area (Å²) in [7, 11) is 0. The van der Waals surface area contributed by atoms with E-state index in [0.29, 0.717) is 23.7 Å². The fraction of sp³-hybridized carbons (Fsp3) is 0.333. The molecule has 7 rings (SSSR count). The number of carboxylic acid groups (broad SMARTS) is 1. The number of pyridine rings is 2. The summed E-state index contributed by atoms with van der Waals surface area (Å²) < 4.78 is 21.2. The first-order chi connectivity index (χ1) is 20.1. The van der Waals surface area contributed by atoms with E-state index in [1.807, 2.05) is 22.6 Å². The number of ether oxygens (including phenoxy) is 1. The average Bonchev–Trinajstić information content (AvgIpc) is 3.78. The van der Waals surface area contributed by atoms with Crippen LogP contribution in [0.2, 0.25) is 0 Å². The Bertz CT molecular complexity index is 1590. The number of imidazole rings is 1. The SMILES string of the molecule is O=C1NCc2c(-c3cnc4cc(F)ccn34)ccc(Nc3ccc([C@@H]4CCOC4)c(CN4CCCC4)n3)c21.O=CO. The largest absolute Gasteiger partial charge is 0.483 e. The first-order valence-electron chi connectivity index (χ1n) is 13.8. The van der Waals surface area contributed by atoms with Crippen LogP contribution in [0.5, 0.6) is 0 Å². The number of carbonyl (C=O) groups excluding carboxylic acids is 1. The van der Waals surface area contributed by atoms with Crippen molar-refractivity contribution in [2.45, 2.75) is 38.3 Å². The van der Waals surface area contributed by atoms with Crippen LogP contribution in [0, 0.1) is 5.82 Å². The number of likely N-dealkylation sites (tertiary alicyclic amines) is 1. The molecule has 212 valence electrons. The molecule has 1 amide bonds. The van der Waals surface area contributed by atoms with Crippen molar-refractivity contribution < 1.29 is 23.8 Å². The van der Waals surface area contributed by atoms with Gasteiger partial charge in [0.25, 0.3) is 12.4 Å². The maximum absolute atomic E-state index is 13.7. The summed E-state index contributed by atoms with van der Waals surface area (Å²) >= 11 is 0. The third kappa shape index (κ3) is 5.38. The molecule has 0 bridgehead atoms. The van der Waals surface area contributed by atoms with Gasteiger partial charge in [0.05, 0.1) is 35.4 Å². The molecule has 0 spiro atoms. The van der Waals surface area contributed by atoms with Crippen LogP contribution in [0.3, 0.4) is 0 Å². The molecule has 10 nitrogen and oxygen atoms in total. The molecule has 3 N–H and O–H groups in total. The Hall–Kier alpha value is -4.35. The molecule has 11 heteroatoms. The van der Waals surface area contributed by atoms with Gasteiger partial charge in [0.2, 0.25) is 0 Å². The number of nitrogens with one attached hydrogen (secondary N) is 2. The van der Waals surface area contributed by atoms with Crippen LogP contribution in [0.25, 0.3) is 16.9 Å². The highest BCUT2D eigenvalue weighted by molar-refractivity contribution is 6.06. The van der Waals surface area contributed by atoms with Crippen molar-refractivity contribution in [2.24, 2.45) is 0 Å². The van der Waals surface area contributed by atoms with E-state index >= 15 is 0 Å². The molecule has 0 unspecified atom stereocenters. The molecule has 0 aliphatic carbocycles. The number of carbonyl (C=O) groups is 2. The molecule has 2 saturated heterocycles. The fourth-order valence-electron chi connectivity index (χ4n) is 6.00. The first kappa shape index (κ1) is 26.9. The number of amides is 1. The van der Waals surface area contributed by atoms with Crippen molar-refractivity contribution in [2.75, 3.05) is 31.6 Å². The minimum absolute atomic E-state index is 0.124. The van der Waals surface area contributed by atoms with E-state index in [0.717, 1.165) is 73.3 Å². The topological polar surface area (TPSA) is 121 Å². The van der Waals surface area contributed by atoms with Crippen molar-refractivity contribution in [3.05, 3.63) is 77.0 Å². The maximum atomic E-state index is 13.7. The van der Waals surface area contributed by atoms with E-state index in [1.54, 1.807) is 12.4 Å². The summed E-state index contributed by atoms with van der Waals surface area (Å²) in [5.74, 6) is 0.643. The zero-order valence-corrected chi connectivity index (χ0v) is 22.5. The van der Waals surface area contributed by atoms with Crippen LogP contribution < -0.4 is 10.6 Å². The van der Waals surface area contributed by atoms with Crippen molar-refractivity contribution in [1.29, 1.82) is 0 Å². The molecule has 3 aliphatic heterocycles. The zero-order valence-electron chi connectivity index (χ0n) is 22.5. The minimum atomic E-state index is -0.334. The summed E-state index contributed by atoms with van der Waals surface area (Å²) in [4.78, 5) is 33.2. The Labute approximate surface area is 236 Å². The van der Waals surface area contributed by atoms with Gasteiger partial charge in [-0.1, -0.05) is 12.1 Å². The molecular formula is C30H31FN6O4. The molecule has 2 fully saturated rings. The van der Waals surface area contributed by atoms with Crippen molar-refractivity contribution in [1.82, 2.24) is 24.6 Å². The van der Waals surface area contributed by atoms with Crippen LogP contribution in [0.4, 0.5) is 15.9 Å². The number of rotatable bonds is 6. The Morgan fingerprint density at radius 2 is 2.02 bits per heavy atom. The van der Waals surface area contributed by atoms with Gasteiger partial charge < -0.3 is 20.5 Å². The molecule has 4 aromatic rings. The summed E-state index contributed by atoms with van der Waals surface area (Å²) in [6, 6.07) is 10.9. The quantitative estimate of drug-likeness (QED) is 0.299. The van der Waals surface area contributed by atoms with E-state index in [2.05, 4.69) is 26.6 Å². The Morgan fingerprint density at radius 3 is 2.80 bits per heavy atom. The average molecular weight is 559 g/mol. The third-order valence-corrected chi connectivity index (χ3v) is 7.93. The Kier molecular flexibility index (Phi) is 7.62. The molecule has 6 heterocycles. The molecular weight excluding hydrogens is 527 g/mol. The molecule has 1 atom stereocenters. The number of anilines is 2. The lowest BCUT2D eigenvalue weighted by atomic mass is 9.96. The predicted molar refractivity (Wildman–Crippen MR) is 151 cm³/mol. The van der Waals surface area contributed by atoms with Gasteiger partial charge in [0.15, 0.2) is 0 Å². The van der Waals surface area contributed by atoms with Gasteiger partial charge in [-0.3, -0.25) is 18.9 Å². The van der Waals surface area contributed by atoms with Crippen LogP contribution in [0.1, 0.15) is 52.4 Å². The smallest absolute Gasteiger partial charge is 0.290 e. The van der Waals surface area contributed by atoms with Gasteiger partial charge in [0.1, 0.15) is 17.3 Å². The third-order valence-electron chi connectivity index (χ3n) is 7.93. The minimum Gasteiger partial charge on any atom is -0.483 e. The van der Waals surface area contributed by atoms with Gasteiger partial charge in [-0.05, 0) is 61.7 Å². The first-order valence-corrected chi connectivity index (χ1v) is 13.8. The number of hydrogen-bond acceptors (Lipinski definition) is 7. The lowest BCUT2D eigenvalue weighted by molar-refractivity contribution is -0.122. The van der Waals surface area contributed by atoms with Crippen molar-refractivity contribution in [3.8, 4) is 11.3 Å². The highest BCUT2D eigenvalue weighted by atomic mass is 19.1. The second-order valence-electron chi connectivity index (χ2n) is 10.4. The van der Waals surface area contributed by atoms with E-state index in [4.69, 9.17) is 19.6 Å². The van der Waals surface area contributed by atoms with Crippen molar-refractivity contribution >= 4 is 29.5 Å². The summed E-state index contributed by atoms with van der Waals surface area (Å²) in [5.41, 5.74) is 6.80. The molecule has 1 aromatic carbocycles. The Balaban J connectivity index is 0.000000967. The predicted octanol–water partition coefficient (Wildman–Crippen LogP) is 4.32. The maximum Gasteiger partial charge on any atom is 0.290 e. The second kappa shape index (κ2) is 11.6. The van der Waals surface area contributed by atoms with E-state index in [9.17, 15) is 9.18 Å². The highest BCUT2D eigenvalue weighted by Gasteiger charge is 2.28. The van der Waals surface area contributed by atoms with E-state index in [1.165, 1.54) is 30.5 Å². The molecule has 41 heavy (non-hydrogen) atoms. The number of fused-ring (bicyclic) bond motifs is 2. The van der Waals surface area contributed by atoms with Crippen LogP contribution in [-0.4, -0.2) is 63.1 Å².